The lowest BCUT2D eigenvalue weighted by molar-refractivity contribution is -0.385. The van der Waals surface area contributed by atoms with Crippen molar-refractivity contribution >= 4 is 17.5 Å². The third-order valence-corrected chi connectivity index (χ3v) is 2.57. The van der Waals surface area contributed by atoms with E-state index in [-0.39, 0.29) is 11.6 Å². The first kappa shape index (κ1) is 14.3. The SMILES string of the molecule is Cc1cc(NC(=O)O)ccc1Oc1ccc([N+](=O)[O-])cn1. The Balaban J connectivity index is 2.15. The van der Waals surface area contributed by atoms with E-state index in [0.29, 0.717) is 17.0 Å². The largest absolute Gasteiger partial charge is 0.465 e. The minimum absolute atomic E-state index is 0.125. The van der Waals surface area contributed by atoms with Crippen molar-refractivity contribution < 1.29 is 19.6 Å². The zero-order chi connectivity index (χ0) is 15.4. The van der Waals surface area contributed by atoms with Crippen LogP contribution in [-0.4, -0.2) is 21.1 Å². The van der Waals surface area contributed by atoms with Crippen molar-refractivity contribution in [1.29, 1.82) is 0 Å². The van der Waals surface area contributed by atoms with Crippen LogP contribution in [0.15, 0.2) is 36.5 Å². The summed E-state index contributed by atoms with van der Waals surface area (Å²) in [6, 6.07) is 7.42. The molecular weight excluding hydrogens is 278 g/mol. The standard InChI is InChI=1S/C13H11N3O5/c1-8-6-9(15-13(17)18)2-4-11(8)21-12-5-3-10(7-14-12)16(19)20/h2-7,15H,1H3,(H,17,18). The molecule has 0 fully saturated rings. The number of pyridine rings is 1. The van der Waals surface area contributed by atoms with Gasteiger partial charge in [-0.25, -0.2) is 9.78 Å². The van der Waals surface area contributed by atoms with Gasteiger partial charge in [0.05, 0.1) is 4.92 Å². The maximum Gasteiger partial charge on any atom is 0.409 e. The molecule has 1 aromatic carbocycles. The molecule has 8 heteroatoms. The van der Waals surface area contributed by atoms with Gasteiger partial charge in [0, 0.05) is 17.8 Å². The molecule has 0 spiro atoms. The summed E-state index contributed by atoms with van der Waals surface area (Å²) in [6.07, 6.45) is -0.0505. The van der Waals surface area contributed by atoms with Gasteiger partial charge >= 0.3 is 6.09 Å². The van der Waals surface area contributed by atoms with E-state index in [0.717, 1.165) is 6.20 Å². The Hall–Kier alpha value is -3.16. The minimum Gasteiger partial charge on any atom is -0.465 e. The van der Waals surface area contributed by atoms with Gasteiger partial charge in [-0.05, 0) is 30.7 Å². The molecule has 1 amide bonds. The first-order valence-electron chi connectivity index (χ1n) is 5.84. The second kappa shape index (κ2) is 5.87. The molecule has 2 aromatic rings. The number of amides is 1. The van der Waals surface area contributed by atoms with Crippen LogP contribution in [0, 0.1) is 17.0 Å². The third-order valence-electron chi connectivity index (χ3n) is 2.57. The van der Waals surface area contributed by atoms with Gasteiger partial charge in [0.15, 0.2) is 0 Å². The number of aryl methyl sites for hydroxylation is 1. The second-order valence-corrected chi connectivity index (χ2v) is 4.12. The molecule has 0 saturated carbocycles. The monoisotopic (exact) mass is 289 g/mol. The third kappa shape index (κ3) is 3.66. The van der Waals surface area contributed by atoms with E-state index in [4.69, 9.17) is 9.84 Å². The van der Waals surface area contributed by atoms with Crippen molar-refractivity contribution in [1.82, 2.24) is 4.98 Å². The molecule has 2 N–H and O–H groups in total. The van der Waals surface area contributed by atoms with E-state index in [1.165, 1.54) is 12.1 Å². The summed E-state index contributed by atoms with van der Waals surface area (Å²) in [6.45, 7) is 1.74. The van der Waals surface area contributed by atoms with Gasteiger partial charge < -0.3 is 9.84 Å². The Morgan fingerprint density at radius 1 is 1.38 bits per heavy atom. The van der Waals surface area contributed by atoms with Crippen molar-refractivity contribution in [2.75, 3.05) is 5.32 Å². The van der Waals surface area contributed by atoms with Crippen LogP contribution in [0.2, 0.25) is 0 Å². The van der Waals surface area contributed by atoms with E-state index < -0.39 is 11.0 Å². The fraction of sp³-hybridized carbons (Fsp3) is 0.0769. The number of ether oxygens (including phenoxy) is 1. The highest BCUT2D eigenvalue weighted by atomic mass is 16.6. The number of hydrogen-bond donors (Lipinski definition) is 2. The van der Waals surface area contributed by atoms with E-state index in [1.54, 1.807) is 25.1 Å². The lowest BCUT2D eigenvalue weighted by atomic mass is 10.2. The van der Waals surface area contributed by atoms with Gasteiger partial charge in [0.25, 0.3) is 5.69 Å². The molecule has 21 heavy (non-hydrogen) atoms. The van der Waals surface area contributed by atoms with Crippen LogP contribution in [0.3, 0.4) is 0 Å². The zero-order valence-corrected chi connectivity index (χ0v) is 10.9. The molecule has 0 saturated heterocycles. The normalized spacial score (nSPS) is 9.95. The Kier molecular flexibility index (Phi) is 3.98. The maximum absolute atomic E-state index is 10.5. The average molecular weight is 289 g/mol. The quantitative estimate of drug-likeness (QED) is 0.659. The van der Waals surface area contributed by atoms with Gasteiger partial charge in [-0.3, -0.25) is 15.4 Å². The number of nitrogens with zero attached hydrogens (tertiary/aromatic N) is 2. The molecule has 1 aromatic heterocycles. The van der Waals surface area contributed by atoms with Gasteiger partial charge in [-0.1, -0.05) is 0 Å². The number of rotatable bonds is 4. The molecule has 0 aliphatic carbocycles. The second-order valence-electron chi connectivity index (χ2n) is 4.12. The summed E-state index contributed by atoms with van der Waals surface area (Å²) in [5.41, 5.74) is 0.991. The summed E-state index contributed by atoms with van der Waals surface area (Å²) in [5, 5.41) is 21.4. The lowest BCUT2D eigenvalue weighted by Crippen LogP contribution is -2.07. The van der Waals surface area contributed by atoms with Gasteiger partial charge in [0.2, 0.25) is 5.88 Å². The number of anilines is 1. The predicted octanol–water partition coefficient (Wildman–Crippen LogP) is 3.18. The van der Waals surface area contributed by atoms with Crippen molar-refractivity contribution in [3.63, 3.8) is 0 Å². The Morgan fingerprint density at radius 3 is 2.67 bits per heavy atom. The van der Waals surface area contributed by atoms with Gasteiger partial charge in [0.1, 0.15) is 11.9 Å². The molecule has 0 unspecified atom stereocenters. The van der Waals surface area contributed by atoms with E-state index >= 15 is 0 Å². The maximum atomic E-state index is 10.5. The number of carbonyl (C=O) groups is 1. The molecule has 108 valence electrons. The van der Waals surface area contributed by atoms with E-state index in [2.05, 4.69) is 10.3 Å². The number of nitro groups is 1. The zero-order valence-electron chi connectivity index (χ0n) is 10.9. The summed E-state index contributed by atoms with van der Waals surface area (Å²) in [7, 11) is 0. The summed E-state index contributed by atoms with van der Waals surface area (Å²) in [5.74, 6) is 0.690. The fourth-order valence-corrected chi connectivity index (χ4v) is 1.62. The summed E-state index contributed by atoms with van der Waals surface area (Å²) in [4.78, 5) is 24.3. The smallest absolute Gasteiger partial charge is 0.409 e. The van der Waals surface area contributed by atoms with E-state index in [9.17, 15) is 14.9 Å². The fourth-order valence-electron chi connectivity index (χ4n) is 1.62. The first-order chi connectivity index (χ1) is 9.95. The number of benzene rings is 1. The molecule has 2 rings (SSSR count). The molecule has 0 radical (unpaired) electrons. The molecular formula is C13H11N3O5. The molecule has 0 aliphatic rings. The summed E-state index contributed by atoms with van der Waals surface area (Å²) < 4.78 is 5.49. The highest BCUT2D eigenvalue weighted by Crippen LogP contribution is 2.26. The van der Waals surface area contributed by atoms with Crippen LogP contribution >= 0.6 is 0 Å². The van der Waals surface area contributed by atoms with Crippen LogP contribution in [0.1, 0.15) is 5.56 Å². The molecule has 0 bridgehead atoms. The Morgan fingerprint density at radius 2 is 2.14 bits per heavy atom. The average Bonchev–Trinajstić information content (AvgIpc) is 2.42. The van der Waals surface area contributed by atoms with Crippen LogP contribution in [0.25, 0.3) is 0 Å². The molecule has 8 nitrogen and oxygen atoms in total. The first-order valence-corrected chi connectivity index (χ1v) is 5.84. The van der Waals surface area contributed by atoms with Gasteiger partial charge in [-0.15, -0.1) is 0 Å². The molecule has 0 atom stereocenters. The van der Waals surface area contributed by atoms with Crippen LogP contribution in [0.5, 0.6) is 11.6 Å². The number of aromatic nitrogens is 1. The van der Waals surface area contributed by atoms with Crippen molar-refractivity contribution in [2.45, 2.75) is 6.92 Å². The molecule has 0 aliphatic heterocycles. The van der Waals surface area contributed by atoms with E-state index in [1.807, 2.05) is 0 Å². The van der Waals surface area contributed by atoms with Gasteiger partial charge in [-0.2, -0.15) is 0 Å². The highest BCUT2D eigenvalue weighted by molar-refractivity contribution is 5.83. The van der Waals surface area contributed by atoms with Crippen LogP contribution in [-0.2, 0) is 0 Å². The number of hydrogen-bond acceptors (Lipinski definition) is 5. The number of carboxylic acid groups (broad SMARTS) is 1. The molecule has 1 heterocycles. The topological polar surface area (TPSA) is 115 Å². The van der Waals surface area contributed by atoms with Crippen molar-refractivity contribution in [2.24, 2.45) is 0 Å². The Bertz CT molecular complexity index is 685. The Labute approximate surface area is 119 Å². The highest BCUT2D eigenvalue weighted by Gasteiger charge is 2.08. The van der Waals surface area contributed by atoms with Crippen molar-refractivity contribution in [3.8, 4) is 11.6 Å². The van der Waals surface area contributed by atoms with Crippen LogP contribution < -0.4 is 10.1 Å². The summed E-state index contributed by atoms with van der Waals surface area (Å²) >= 11 is 0. The minimum atomic E-state index is -1.15. The van der Waals surface area contributed by atoms with Crippen molar-refractivity contribution in [3.05, 3.63) is 52.2 Å². The van der Waals surface area contributed by atoms with Crippen LogP contribution in [0.4, 0.5) is 16.2 Å². The predicted molar refractivity (Wildman–Crippen MR) is 73.8 cm³/mol. The number of nitrogens with one attached hydrogen (secondary N) is 1. The lowest BCUT2D eigenvalue weighted by Gasteiger charge is -2.09.